The van der Waals surface area contributed by atoms with Gasteiger partial charge in [-0.3, -0.25) is 9.59 Å². The summed E-state index contributed by atoms with van der Waals surface area (Å²) in [6.07, 6.45) is 5.23. The van der Waals surface area contributed by atoms with E-state index in [1.807, 2.05) is 49.4 Å². The second-order valence-electron chi connectivity index (χ2n) is 9.35. The van der Waals surface area contributed by atoms with E-state index in [2.05, 4.69) is 19.2 Å². The Morgan fingerprint density at radius 3 is 2.71 bits per heavy atom. The number of likely N-dealkylation sites (N-methyl/N-ethyl adjacent to an activating group) is 1. The van der Waals surface area contributed by atoms with Crippen LogP contribution in [0.1, 0.15) is 56.0 Å². The first-order valence-electron chi connectivity index (χ1n) is 12.3. The minimum absolute atomic E-state index is 0.0765. The van der Waals surface area contributed by atoms with Crippen LogP contribution in [0, 0.1) is 11.8 Å². The zero-order valence-corrected chi connectivity index (χ0v) is 21.9. The third kappa shape index (κ3) is 5.35. The molecule has 0 aromatic heterocycles. The third-order valence-electron chi connectivity index (χ3n) is 7.13. The van der Waals surface area contributed by atoms with Gasteiger partial charge in [0.15, 0.2) is 11.5 Å². The molecule has 1 aliphatic carbocycles. The summed E-state index contributed by atoms with van der Waals surface area (Å²) in [5.41, 5.74) is 2.18. The van der Waals surface area contributed by atoms with Gasteiger partial charge < -0.3 is 19.7 Å². The lowest BCUT2D eigenvalue weighted by Gasteiger charge is -2.34. The lowest BCUT2D eigenvalue weighted by atomic mass is 9.78. The van der Waals surface area contributed by atoms with Crippen LogP contribution in [0.4, 0.5) is 5.69 Å². The maximum Gasteiger partial charge on any atom is 0.264 e. The number of carbonyl (C=O) groups excluding carboxylic acids is 2. The van der Waals surface area contributed by atoms with E-state index in [1.54, 1.807) is 19.1 Å². The molecule has 0 spiro atoms. The van der Waals surface area contributed by atoms with E-state index < -0.39 is 0 Å². The van der Waals surface area contributed by atoms with E-state index in [9.17, 15) is 9.59 Å². The molecule has 2 aliphatic rings. The standard InChI is InChI=1S/C28H34N2O4S/c1-6-34-23-12-10-19(14-24(23)33-5)15-26-28(32)30(4)22-16-20(11-13-25(22)35-26)27(31)29-21-9-7-8-17(2)18(21)3/h10-18,21H,6-9H2,1-5H3,(H,29,31)/b26-15+/t17-,18-,21-/m1/s1. The fraction of sp³-hybridized carbons (Fsp3) is 0.429. The van der Waals surface area contributed by atoms with Gasteiger partial charge in [0.05, 0.1) is 24.3 Å². The van der Waals surface area contributed by atoms with Crippen molar-refractivity contribution in [1.29, 1.82) is 0 Å². The number of anilines is 1. The average molecular weight is 495 g/mol. The van der Waals surface area contributed by atoms with Crippen LogP contribution in [0.3, 0.4) is 0 Å². The van der Waals surface area contributed by atoms with E-state index in [0.29, 0.717) is 40.4 Å². The molecule has 1 fully saturated rings. The summed E-state index contributed by atoms with van der Waals surface area (Å²) in [7, 11) is 3.35. The number of carbonyl (C=O) groups is 2. The molecule has 186 valence electrons. The summed E-state index contributed by atoms with van der Waals surface area (Å²) < 4.78 is 11.0. The number of methoxy groups -OCH3 is 1. The molecule has 0 bridgehead atoms. The van der Waals surface area contributed by atoms with E-state index in [4.69, 9.17) is 9.47 Å². The molecule has 0 unspecified atom stereocenters. The van der Waals surface area contributed by atoms with Gasteiger partial charge in [-0.1, -0.05) is 44.5 Å². The fourth-order valence-electron chi connectivity index (χ4n) is 4.77. The molecule has 1 N–H and O–H groups in total. The van der Waals surface area contributed by atoms with E-state index in [1.165, 1.54) is 18.2 Å². The number of hydrogen-bond acceptors (Lipinski definition) is 5. The predicted octanol–water partition coefficient (Wildman–Crippen LogP) is 5.76. The monoisotopic (exact) mass is 494 g/mol. The van der Waals surface area contributed by atoms with Crippen LogP contribution in [0.25, 0.3) is 6.08 Å². The zero-order chi connectivity index (χ0) is 25.1. The van der Waals surface area contributed by atoms with Gasteiger partial charge in [-0.2, -0.15) is 0 Å². The molecular formula is C28H34N2O4S. The molecule has 1 aliphatic heterocycles. The Hall–Kier alpha value is -2.93. The van der Waals surface area contributed by atoms with E-state index >= 15 is 0 Å². The summed E-state index contributed by atoms with van der Waals surface area (Å²) >= 11 is 1.41. The number of thioether (sulfide) groups is 1. The van der Waals surface area contributed by atoms with Gasteiger partial charge in [-0.05, 0) is 67.2 Å². The first-order chi connectivity index (χ1) is 16.8. The molecular weight excluding hydrogens is 460 g/mol. The number of ether oxygens (including phenoxy) is 2. The number of nitrogens with one attached hydrogen (secondary N) is 1. The summed E-state index contributed by atoms with van der Waals surface area (Å²) in [5.74, 6) is 2.18. The number of fused-ring (bicyclic) bond motifs is 1. The summed E-state index contributed by atoms with van der Waals surface area (Å²) in [6, 6.07) is 11.4. The Labute approximate surface area is 212 Å². The minimum Gasteiger partial charge on any atom is -0.493 e. The van der Waals surface area contributed by atoms with Gasteiger partial charge in [0.2, 0.25) is 0 Å². The molecule has 1 saturated carbocycles. The largest absolute Gasteiger partial charge is 0.493 e. The van der Waals surface area contributed by atoms with Crippen molar-refractivity contribution in [3.63, 3.8) is 0 Å². The lowest BCUT2D eigenvalue weighted by Crippen LogP contribution is -2.43. The lowest BCUT2D eigenvalue weighted by molar-refractivity contribution is -0.114. The van der Waals surface area contributed by atoms with Crippen molar-refractivity contribution >= 4 is 35.3 Å². The van der Waals surface area contributed by atoms with Crippen LogP contribution >= 0.6 is 11.8 Å². The molecule has 2 amide bonds. The maximum absolute atomic E-state index is 13.2. The Morgan fingerprint density at radius 1 is 1.17 bits per heavy atom. The first-order valence-corrected chi connectivity index (χ1v) is 13.1. The minimum atomic E-state index is -0.109. The van der Waals surface area contributed by atoms with Crippen LogP contribution < -0.4 is 19.7 Å². The van der Waals surface area contributed by atoms with Crippen LogP contribution in [0.5, 0.6) is 11.5 Å². The highest BCUT2D eigenvalue weighted by molar-refractivity contribution is 8.04. The third-order valence-corrected chi connectivity index (χ3v) is 8.20. The molecule has 0 radical (unpaired) electrons. The number of rotatable bonds is 6. The van der Waals surface area contributed by atoms with Crippen LogP contribution in [-0.2, 0) is 4.79 Å². The molecule has 3 atom stereocenters. The number of nitrogens with zero attached hydrogens (tertiary/aromatic N) is 1. The second-order valence-corrected chi connectivity index (χ2v) is 10.4. The van der Waals surface area contributed by atoms with Gasteiger partial charge in [0.1, 0.15) is 0 Å². The van der Waals surface area contributed by atoms with Crippen molar-refractivity contribution in [2.24, 2.45) is 11.8 Å². The molecule has 1 heterocycles. The summed E-state index contributed by atoms with van der Waals surface area (Å²) in [4.78, 5) is 29.4. The highest BCUT2D eigenvalue weighted by Gasteiger charge is 2.30. The predicted molar refractivity (Wildman–Crippen MR) is 141 cm³/mol. The van der Waals surface area contributed by atoms with Gasteiger partial charge in [0.25, 0.3) is 11.8 Å². The average Bonchev–Trinajstić information content (AvgIpc) is 2.86. The molecule has 4 rings (SSSR count). The van der Waals surface area contributed by atoms with E-state index in [-0.39, 0.29) is 17.9 Å². The number of benzene rings is 2. The fourth-order valence-corrected chi connectivity index (χ4v) is 5.87. The highest BCUT2D eigenvalue weighted by atomic mass is 32.2. The van der Waals surface area contributed by atoms with Crippen molar-refractivity contribution in [2.45, 2.75) is 51.0 Å². The van der Waals surface area contributed by atoms with E-state index in [0.717, 1.165) is 29.0 Å². The molecule has 2 aromatic carbocycles. The molecule has 7 heteroatoms. The first kappa shape index (κ1) is 25.2. The Kier molecular flexibility index (Phi) is 7.75. The van der Waals surface area contributed by atoms with Crippen molar-refractivity contribution in [2.75, 3.05) is 25.7 Å². The zero-order valence-electron chi connectivity index (χ0n) is 21.1. The van der Waals surface area contributed by atoms with Crippen LogP contribution in [-0.4, -0.2) is 38.6 Å². The molecule has 6 nitrogen and oxygen atoms in total. The van der Waals surface area contributed by atoms with Crippen LogP contribution in [0.15, 0.2) is 46.2 Å². The molecule has 0 saturated heterocycles. The Bertz CT molecular complexity index is 1150. The van der Waals surface area contributed by atoms with Crippen molar-refractivity contribution in [1.82, 2.24) is 5.32 Å². The highest BCUT2D eigenvalue weighted by Crippen LogP contribution is 2.42. The smallest absolute Gasteiger partial charge is 0.264 e. The molecule has 2 aromatic rings. The van der Waals surface area contributed by atoms with Gasteiger partial charge >= 0.3 is 0 Å². The quantitative estimate of drug-likeness (QED) is 0.517. The Morgan fingerprint density at radius 2 is 1.97 bits per heavy atom. The van der Waals surface area contributed by atoms with Crippen molar-refractivity contribution in [3.05, 3.63) is 52.4 Å². The summed E-state index contributed by atoms with van der Waals surface area (Å²) in [6.45, 7) is 6.95. The van der Waals surface area contributed by atoms with Crippen LogP contribution in [0.2, 0.25) is 0 Å². The number of amides is 2. The summed E-state index contributed by atoms with van der Waals surface area (Å²) in [5, 5.41) is 3.23. The van der Waals surface area contributed by atoms with Gasteiger partial charge in [0, 0.05) is 23.5 Å². The Balaban J connectivity index is 1.54. The van der Waals surface area contributed by atoms with Gasteiger partial charge in [-0.25, -0.2) is 0 Å². The number of hydrogen-bond donors (Lipinski definition) is 1. The van der Waals surface area contributed by atoms with Gasteiger partial charge in [-0.15, -0.1) is 0 Å². The maximum atomic E-state index is 13.2. The van der Waals surface area contributed by atoms with Crippen molar-refractivity contribution < 1.29 is 19.1 Å². The normalized spacial score (nSPS) is 23.1. The second kappa shape index (κ2) is 10.8. The SMILES string of the molecule is CCOc1ccc(/C=C2/Sc3ccc(C(=O)N[C@@H]4CCC[C@@H](C)[C@H]4C)cc3N(C)C2=O)cc1OC. The van der Waals surface area contributed by atoms with Crippen molar-refractivity contribution in [3.8, 4) is 11.5 Å². The molecule has 35 heavy (non-hydrogen) atoms. The topological polar surface area (TPSA) is 67.9 Å².